The Bertz CT molecular complexity index is 1030. The zero-order valence-electron chi connectivity index (χ0n) is 14.8. The quantitative estimate of drug-likeness (QED) is 0.342. The molecule has 0 unspecified atom stereocenters. The average molecular weight is 453 g/mol. The first-order chi connectivity index (χ1) is 12.3. The van der Waals surface area contributed by atoms with Gasteiger partial charge in [0.2, 0.25) is 11.4 Å². The molecule has 0 radical (unpaired) electrons. The van der Waals surface area contributed by atoms with Crippen molar-refractivity contribution >= 4 is 10.8 Å². The van der Waals surface area contributed by atoms with Crippen LogP contribution in [0.3, 0.4) is 0 Å². The first kappa shape index (κ1) is 18.4. The summed E-state index contributed by atoms with van der Waals surface area (Å²) in [7, 11) is 1.69. The third-order valence-corrected chi connectivity index (χ3v) is 4.62. The first-order valence-electron chi connectivity index (χ1n) is 8.42. The summed E-state index contributed by atoms with van der Waals surface area (Å²) in [6.45, 7) is 2.18. The molecule has 0 aliphatic heterocycles. The summed E-state index contributed by atoms with van der Waals surface area (Å²) in [5.74, 6) is 0.865. The molecule has 130 valence electrons. The number of fused-ring (bicyclic) bond motifs is 1. The van der Waals surface area contributed by atoms with Gasteiger partial charge in [0.25, 0.3) is 0 Å². The van der Waals surface area contributed by atoms with Gasteiger partial charge >= 0.3 is 0 Å². The zero-order chi connectivity index (χ0) is 17.2. The molecule has 0 fully saturated rings. The standard InChI is InChI=1S/C23H20NO.HI/c1-17-22-11-7-6-10-19(22)16-23(18-8-4-3-5-9-18)24(17)20-12-14-21(25-2)15-13-20;/h3-16H,1-2H3;1H/q+1;/p-1. The molecule has 3 aromatic carbocycles. The summed E-state index contributed by atoms with van der Waals surface area (Å²) in [5, 5.41) is 2.52. The molecule has 0 bridgehead atoms. The van der Waals surface area contributed by atoms with Crippen LogP contribution in [0.5, 0.6) is 5.75 Å². The minimum atomic E-state index is 0. The van der Waals surface area contributed by atoms with Gasteiger partial charge < -0.3 is 28.7 Å². The van der Waals surface area contributed by atoms with Crippen LogP contribution in [0.1, 0.15) is 5.69 Å². The molecular weight excluding hydrogens is 433 g/mol. The number of hydrogen-bond donors (Lipinski definition) is 0. The predicted molar refractivity (Wildman–Crippen MR) is 102 cm³/mol. The molecule has 2 nitrogen and oxygen atoms in total. The van der Waals surface area contributed by atoms with E-state index in [2.05, 4.69) is 84.3 Å². The van der Waals surface area contributed by atoms with Gasteiger partial charge in [-0.2, -0.15) is 4.57 Å². The Morgan fingerprint density at radius 3 is 2.12 bits per heavy atom. The molecule has 0 atom stereocenters. The number of benzene rings is 3. The third-order valence-electron chi connectivity index (χ3n) is 4.62. The number of aromatic nitrogens is 1. The zero-order valence-corrected chi connectivity index (χ0v) is 17.0. The van der Waals surface area contributed by atoms with Crippen LogP contribution in [0.25, 0.3) is 27.7 Å². The van der Waals surface area contributed by atoms with Gasteiger partial charge in [-0.3, -0.25) is 0 Å². The van der Waals surface area contributed by atoms with E-state index in [1.54, 1.807) is 7.11 Å². The second-order valence-electron chi connectivity index (χ2n) is 6.10. The second-order valence-corrected chi connectivity index (χ2v) is 6.10. The van der Waals surface area contributed by atoms with Crippen molar-refractivity contribution < 1.29 is 33.3 Å². The molecule has 3 heteroatoms. The van der Waals surface area contributed by atoms with Crippen molar-refractivity contribution in [2.45, 2.75) is 6.92 Å². The van der Waals surface area contributed by atoms with E-state index < -0.39 is 0 Å². The van der Waals surface area contributed by atoms with Crippen LogP contribution in [0.2, 0.25) is 0 Å². The average Bonchev–Trinajstić information content (AvgIpc) is 2.69. The minimum Gasteiger partial charge on any atom is -1.00 e. The van der Waals surface area contributed by atoms with Crippen LogP contribution >= 0.6 is 0 Å². The summed E-state index contributed by atoms with van der Waals surface area (Å²) in [6.07, 6.45) is 0. The molecule has 0 saturated heterocycles. The van der Waals surface area contributed by atoms with Gasteiger partial charge in [0.1, 0.15) is 5.75 Å². The van der Waals surface area contributed by atoms with E-state index >= 15 is 0 Å². The summed E-state index contributed by atoms with van der Waals surface area (Å²) in [4.78, 5) is 0. The van der Waals surface area contributed by atoms with Crippen molar-refractivity contribution in [3.05, 3.63) is 90.6 Å². The number of ether oxygens (including phenoxy) is 1. The summed E-state index contributed by atoms with van der Waals surface area (Å²) in [6, 6.07) is 29.6. The molecule has 1 heterocycles. The van der Waals surface area contributed by atoms with E-state index in [1.165, 1.54) is 27.7 Å². The minimum absolute atomic E-state index is 0. The Hall–Kier alpha value is -2.40. The van der Waals surface area contributed by atoms with Crippen molar-refractivity contribution in [2.75, 3.05) is 7.11 Å². The Balaban J connectivity index is 0.00000196. The maximum absolute atomic E-state index is 5.31. The van der Waals surface area contributed by atoms with Gasteiger partial charge in [-0.05, 0) is 35.7 Å². The molecule has 0 N–H and O–H groups in total. The van der Waals surface area contributed by atoms with E-state index in [0.29, 0.717) is 0 Å². The SMILES string of the molecule is COc1ccc(-[n+]2c(-c3ccccc3)cc3ccccc3c2C)cc1.[I-]. The number of aryl methyl sites for hydroxylation is 1. The molecule has 4 rings (SSSR count). The van der Waals surface area contributed by atoms with Crippen molar-refractivity contribution in [2.24, 2.45) is 0 Å². The number of halogens is 1. The van der Waals surface area contributed by atoms with Gasteiger partial charge in [-0.15, -0.1) is 0 Å². The van der Waals surface area contributed by atoms with Crippen molar-refractivity contribution in [3.63, 3.8) is 0 Å². The smallest absolute Gasteiger partial charge is 0.219 e. The summed E-state index contributed by atoms with van der Waals surface area (Å²) >= 11 is 0. The van der Waals surface area contributed by atoms with Gasteiger partial charge in [-0.1, -0.05) is 36.4 Å². The Morgan fingerprint density at radius 1 is 0.769 bits per heavy atom. The van der Waals surface area contributed by atoms with Crippen molar-refractivity contribution in [1.82, 2.24) is 0 Å². The second kappa shape index (κ2) is 7.87. The van der Waals surface area contributed by atoms with Crippen molar-refractivity contribution in [3.8, 4) is 22.7 Å². The molecule has 4 aromatic rings. The molecular formula is C23H20INO. The van der Waals surface area contributed by atoms with Gasteiger partial charge in [0, 0.05) is 36.1 Å². The maximum atomic E-state index is 5.31. The predicted octanol–water partition coefficient (Wildman–Crippen LogP) is 2.10. The van der Waals surface area contributed by atoms with Crippen LogP contribution in [-0.4, -0.2) is 7.11 Å². The lowest BCUT2D eigenvalue weighted by atomic mass is 10.0. The van der Waals surface area contributed by atoms with E-state index in [1.807, 2.05) is 12.1 Å². The normalized spacial score (nSPS) is 10.4. The number of pyridine rings is 1. The largest absolute Gasteiger partial charge is 1.00 e. The van der Waals surface area contributed by atoms with Gasteiger partial charge in [0.05, 0.1) is 7.11 Å². The molecule has 1 aromatic heterocycles. The lowest BCUT2D eigenvalue weighted by Gasteiger charge is -2.10. The number of nitrogens with zero attached hydrogens (tertiary/aromatic N) is 1. The van der Waals surface area contributed by atoms with Gasteiger partial charge in [0.15, 0.2) is 5.69 Å². The summed E-state index contributed by atoms with van der Waals surface area (Å²) < 4.78 is 7.63. The highest BCUT2D eigenvalue weighted by molar-refractivity contribution is 5.86. The van der Waals surface area contributed by atoms with Crippen molar-refractivity contribution in [1.29, 1.82) is 0 Å². The lowest BCUT2D eigenvalue weighted by molar-refractivity contribution is -0.589. The van der Waals surface area contributed by atoms with Gasteiger partial charge in [-0.25, -0.2) is 0 Å². The number of rotatable bonds is 3. The monoisotopic (exact) mass is 453 g/mol. The molecule has 0 amide bonds. The fraction of sp³-hybridized carbons (Fsp3) is 0.0870. The number of methoxy groups -OCH3 is 1. The van der Waals surface area contributed by atoms with Crippen LogP contribution < -0.4 is 33.3 Å². The Kier molecular flexibility index (Phi) is 5.57. The Labute approximate surface area is 171 Å². The van der Waals surface area contributed by atoms with Crippen LogP contribution in [0.4, 0.5) is 0 Å². The lowest BCUT2D eigenvalue weighted by Crippen LogP contribution is -3.00. The highest BCUT2D eigenvalue weighted by Crippen LogP contribution is 2.25. The topological polar surface area (TPSA) is 13.1 Å². The summed E-state index contributed by atoms with van der Waals surface area (Å²) in [5.41, 5.74) is 4.74. The molecule has 0 aliphatic carbocycles. The van der Waals surface area contributed by atoms with E-state index in [-0.39, 0.29) is 24.0 Å². The molecule has 0 spiro atoms. The molecule has 0 saturated carbocycles. The van der Waals surface area contributed by atoms with Crippen LogP contribution in [0, 0.1) is 6.92 Å². The fourth-order valence-corrected chi connectivity index (χ4v) is 3.35. The Morgan fingerprint density at radius 2 is 1.42 bits per heavy atom. The highest BCUT2D eigenvalue weighted by atomic mass is 127. The van der Waals surface area contributed by atoms with Crippen LogP contribution in [0.15, 0.2) is 84.9 Å². The van der Waals surface area contributed by atoms with E-state index in [9.17, 15) is 0 Å². The molecule has 26 heavy (non-hydrogen) atoms. The number of hydrogen-bond acceptors (Lipinski definition) is 1. The maximum Gasteiger partial charge on any atom is 0.219 e. The van der Waals surface area contributed by atoms with E-state index in [4.69, 9.17) is 4.74 Å². The fourth-order valence-electron chi connectivity index (χ4n) is 3.35. The van der Waals surface area contributed by atoms with Crippen LogP contribution in [-0.2, 0) is 0 Å². The third kappa shape index (κ3) is 3.31. The van der Waals surface area contributed by atoms with E-state index in [0.717, 1.165) is 11.4 Å². The molecule has 0 aliphatic rings. The first-order valence-corrected chi connectivity index (χ1v) is 8.42. The highest BCUT2D eigenvalue weighted by Gasteiger charge is 2.21.